The van der Waals surface area contributed by atoms with Gasteiger partial charge in [-0.25, -0.2) is 0 Å². The van der Waals surface area contributed by atoms with Crippen LogP contribution in [0.3, 0.4) is 0 Å². The lowest BCUT2D eigenvalue weighted by Crippen LogP contribution is -2.48. The average molecular weight is 346 g/mol. The molecule has 1 saturated carbocycles. The van der Waals surface area contributed by atoms with Crippen LogP contribution in [-0.2, 0) is 20.9 Å². The second-order valence-electron chi connectivity index (χ2n) is 7.62. The average Bonchev–Trinajstić information content (AvgIpc) is 3.17. The molecule has 3 heterocycles. The quantitative estimate of drug-likeness (QED) is 0.881. The summed E-state index contributed by atoms with van der Waals surface area (Å²) in [4.78, 5) is 27.2. The van der Waals surface area contributed by atoms with E-state index in [9.17, 15) is 9.59 Å². The Bertz CT molecular complexity index is 653. The Hall–Kier alpha value is -1.89. The zero-order valence-electron chi connectivity index (χ0n) is 14.7. The van der Waals surface area contributed by atoms with E-state index < -0.39 is 6.04 Å². The van der Waals surface area contributed by atoms with Crippen LogP contribution in [0.4, 0.5) is 0 Å². The van der Waals surface area contributed by atoms with Crippen molar-refractivity contribution >= 4 is 11.8 Å². The summed E-state index contributed by atoms with van der Waals surface area (Å²) in [6.07, 6.45) is 4.65. The van der Waals surface area contributed by atoms with Gasteiger partial charge in [-0.1, -0.05) is 6.92 Å². The van der Waals surface area contributed by atoms with Crippen LogP contribution < -0.4 is 5.32 Å². The Kier molecular flexibility index (Phi) is 4.50. The van der Waals surface area contributed by atoms with Crippen molar-refractivity contribution in [3.63, 3.8) is 0 Å². The van der Waals surface area contributed by atoms with Crippen LogP contribution in [-0.4, -0.2) is 52.8 Å². The first kappa shape index (κ1) is 16.6. The van der Waals surface area contributed by atoms with Gasteiger partial charge < -0.3 is 15.0 Å². The fraction of sp³-hybridized carbons (Fsp3) is 0.722. The second-order valence-corrected chi connectivity index (χ2v) is 7.62. The van der Waals surface area contributed by atoms with E-state index in [1.54, 1.807) is 10.9 Å². The number of aromatic nitrogens is 2. The van der Waals surface area contributed by atoms with Gasteiger partial charge in [-0.15, -0.1) is 0 Å². The van der Waals surface area contributed by atoms with Gasteiger partial charge in [0.15, 0.2) is 0 Å². The van der Waals surface area contributed by atoms with Crippen LogP contribution in [0.2, 0.25) is 0 Å². The van der Waals surface area contributed by atoms with E-state index in [1.165, 1.54) is 0 Å². The molecule has 3 aliphatic rings. The molecule has 4 rings (SSSR count). The highest BCUT2D eigenvalue weighted by Crippen LogP contribution is 2.40. The van der Waals surface area contributed by atoms with Gasteiger partial charge in [0, 0.05) is 31.9 Å². The van der Waals surface area contributed by atoms with Crippen molar-refractivity contribution in [1.29, 1.82) is 0 Å². The van der Waals surface area contributed by atoms with E-state index in [0.717, 1.165) is 38.2 Å². The Morgan fingerprint density at radius 3 is 2.84 bits per heavy atom. The van der Waals surface area contributed by atoms with Crippen molar-refractivity contribution < 1.29 is 14.3 Å². The topological polar surface area (TPSA) is 76.5 Å². The SMILES string of the molecule is CC1CC1C(=O)N1Cc2ccnn2C(C(=O)NCC2CCOCC2)C1. The van der Waals surface area contributed by atoms with Gasteiger partial charge in [0.2, 0.25) is 11.8 Å². The van der Waals surface area contributed by atoms with Gasteiger partial charge >= 0.3 is 0 Å². The summed E-state index contributed by atoms with van der Waals surface area (Å²) in [6.45, 7) is 5.28. The number of ether oxygens (including phenoxy) is 1. The number of hydrogen-bond acceptors (Lipinski definition) is 4. The molecule has 25 heavy (non-hydrogen) atoms. The molecule has 2 aliphatic heterocycles. The minimum Gasteiger partial charge on any atom is -0.381 e. The van der Waals surface area contributed by atoms with Crippen molar-refractivity contribution in [2.24, 2.45) is 17.8 Å². The lowest BCUT2D eigenvalue weighted by molar-refractivity contribution is -0.137. The van der Waals surface area contributed by atoms with E-state index in [-0.39, 0.29) is 17.7 Å². The number of rotatable bonds is 4. The highest BCUT2D eigenvalue weighted by atomic mass is 16.5. The van der Waals surface area contributed by atoms with Gasteiger partial charge in [0.25, 0.3) is 0 Å². The molecule has 1 aromatic heterocycles. The van der Waals surface area contributed by atoms with Gasteiger partial charge in [0.05, 0.1) is 18.8 Å². The molecule has 7 heteroatoms. The number of carbonyl (C=O) groups excluding carboxylic acids is 2. The van der Waals surface area contributed by atoms with Crippen LogP contribution >= 0.6 is 0 Å². The molecule has 0 aromatic carbocycles. The molecule has 2 fully saturated rings. The molecule has 0 spiro atoms. The molecular weight excluding hydrogens is 320 g/mol. The van der Waals surface area contributed by atoms with Gasteiger partial charge in [-0.05, 0) is 37.2 Å². The number of fused-ring (bicyclic) bond motifs is 1. The van der Waals surface area contributed by atoms with Crippen LogP contribution in [0.15, 0.2) is 12.3 Å². The van der Waals surface area contributed by atoms with Crippen molar-refractivity contribution in [3.8, 4) is 0 Å². The van der Waals surface area contributed by atoms with Crippen molar-refractivity contribution in [1.82, 2.24) is 20.0 Å². The fourth-order valence-corrected chi connectivity index (χ4v) is 3.87. The summed E-state index contributed by atoms with van der Waals surface area (Å²) in [6, 6.07) is 1.46. The molecule has 1 aliphatic carbocycles. The predicted molar refractivity (Wildman–Crippen MR) is 90.5 cm³/mol. The number of carbonyl (C=O) groups is 2. The monoisotopic (exact) mass is 346 g/mol. The minimum absolute atomic E-state index is 0.0437. The molecule has 0 radical (unpaired) electrons. The maximum absolute atomic E-state index is 12.8. The smallest absolute Gasteiger partial charge is 0.246 e. The largest absolute Gasteiger partial charge is 0.381 e. The summed E-state index contributed by atoms with van der Waals surface area (Å²) in [5, 5.41) is 7.39. The van der Waals surface area contributed by atoms with E-state index >= 15 is 0 Å². The predicted octanol–water partition coefficient (Wildman–Crippen LogP) is 0.965. The summed E-state index contributed by atoms with van der Waals surface area (Å²) in [5.74, 6) is 1.23. The highest BCUT2D eigenvalue weighted by molar-refractivity contribution is 5.84. The normalized spacial score (nSPS) is 29.2. The Balaban J connectivity index is 1.42. The third-order valence-corrected chi connectivity index (χ3v) is 5.74. The van der Waals surface area contributed by atoms with Gasteiger partial charge in [0.1, 0.15) is 6.04 Å². The fourth-order valence-electron chi connectivity index (χ4n) is 3.87. The summed E-state index contributed by atoms with van der Waals surface area (Å²) in [7, 11) is 0. The van der Waals surface area contributed by atoms with Crippen molar-refractivity contribution in [2.75, 3.05) is 26.3 Å². The van der Waals surface area contributed by atoms with E-state index in [1.807, 2.05) is 11.0 Å². The summed E-state index contributed by atoms with van der Waals surface area (Å²) >= 11 is 0. The molecule has 3 atom stereocenters. The van der Waals surface area contributed by atoms with Gasteiger partial charge in [-0.2, -0.15) is 5.10 Å². The summed E-state index contributed by atoms with van der Waals surface area (Å²) in [5.41, 5.74) is 0.930. The van der Waals surface area contributed by atoms with E-state index in [4.69, 9.17) is 4.74 Å². The second kappa shape index (κ2) is 6.78. The van der Waals surface area contributed by atoms with Crippen molar-refractivity contribution in [3.05, 3.63) is 18.0 Å². The third-order valence-electron chi connectivity index (χ3n) is 5.74. The maximum Gasteiger partial charge on any atom is 0.246 e. The first-order chi connectivity index (χ1) is 12.1. The Labute approximate surface area is 147 Å². The highest BCUT2D eigenvalue weighted by Gasteiger charge is 2.44. The molecule has 1 aromatic rings. The molecule has 136 valence electrons. The van der Waals surface area contributed by atoms with Crippen LogP contribution in [0.1, 0.15) is 37.9 Å². The van der Waals surface area contributed by atoms with E-state index in [2.05, 4.69) is 17.3 Å². The number of nitrogens with one attached hydrogen (secondary N) is 1. The third kappa shape index (κ3) is 3.42. The molecule has 1 N–H and O–H groups in total. The first-order valence-electron chi connectivity index (χ1n) is 9.30. The Morgan fingerprint density at radius 1 is 1.36 bits per heavy atom. The first-order valence-corrected chi connectivity index (χ1v) is 9.30. The lowest BCUT2D eigenvalue weighted by atomic mass is 10.0. The van der Waals surface area contributed by atoms with Crippen LogP contribution in [0.25, 0.3) is 0 Å². The molecule has 7 nitrogen and oxygen atoms in total. The molecule has 3 unspecified atom stereocenters. The molecule has 2 amide bonds. The molecule has 1 saturated heterocycles. The zero-order valence-corrected chi connectivity index (χ0v) is 14.7. The van der Waals surface area contributed by atoms with E-state index in [0.29, 0.717) is 31.5 Å². The number of nitrogens with zero attached hydrogens (tertiary/aromatic N) is 3. The maximum atomic E-state index is 12.8. The van der Waals surface area contributed by atoms with Crippen LogP contribution in [0, 0.1) is 17.8 Å². The Morgan fingerprint density at radius 2 is 2.12 bits per heavy atom. The standard InChI is InChI=1S/C18H26N4O3/c1-12-8-15(12)18(24)21-10-14-2-5-20-22(14)16(11-21)17(23)19-9-13-3-6-25-7-4-13/h2,5,12-13,15-16H,3-4,6-11H2,1H3,(H,19,23). The summed E-state index contributed by atoms with van der Waals surface area (Å²) < 4.78 is 7.14. The zero-order chi connectivity index (χ0) is 17.4. The lowest BCUT2D eigenvalue weighted by Gasteiger charge is -2.33. The van der Waals surface area contributed by atoms with Crippen LogP contribution in [0.5, 0.6) is 0 Å². The molecule has 0 bridgehead atoms. The molecular formula is C18H26N4O3. The number of amides is 2. The number of hydrogen-bond donors (Lipinski definition) is 1. The minimum atomic E-state index is -0.434. The van der Waals surface area contributed by atoms with Gasteiger partial charge in [-0.3, -0.25) is 14.3 Å². The van der Waals surface area contributed by atoms with Crippen molar-refractivity contribution in [2.45, 2.75) is 38.8 Å².